The first-order chi connectivity index (χ1) is 8.66. The van der Waals surface area contributed by atoms with Gasteiger partial charge in [-0.15, -0.1) is 0 Å². The predicted octanol–water partition coefficient (Wildman–Crippen LogP) is 4.36. The quantitative estimate of drug-likeness (QED) is 0.848. The Morgan fingerprint density at radius 3 is 2.28 bits per heavy atom. The largest absolute Gasteiger partial charge is 0.288 e. The van der Waals surface area contributed by atoms with Crippen LogP contribution in [0.4, 0.5) is 5.69 Å². The molecular formula is C15H14BrNO. The van der Waals surface area contributed by atoms with E-state index in [2.05, 4.69) is 22.5 Å². The molecule has 0 radical (unpaired) electrons. The Morgan fingerprint density at radius 2 is 1.67 bits per heavy atom. The van der Waals surface area contributed by atoms with E-state index in [0.717, 1.165) is 21.3 Å². The van der Waals surface area contributed by atoms with Crippen molar-refractivity contribution in [3.8, 4) is 0 Å². The van der Waals surface area contributed by atoms with E-state index in [9.17, 15) is 5.21 Å². The van der Waals surface area contributed by atoms with Crippen LogP contribution in [0.25, 0.3) is 5.57 Å². The van der Waals surface area contributed by atoms with E-state index in [1.807, 2.05) is 54.6 Å². The highest BCUT2D eigenvalue weighted by molar-refractivity contribution is 9.10. The molecule has 0 amide bonds. The molecule has 2 rings (SSSR count). The predicted molar refractivity (Wildman–Crippen MR) is 78.8 cm³/mol. The van der Waals surface area contributed by atoms with Crippen LogP contribution in [0.15, 0.2) is 65.6 Å². The summed E-state index contributed by atoms with van der Waals surface area (Å²) in [6.07, 6.45) is 0. The average molecular weight is 304 g/mol. The molecule has 0 unspecified atom stereocenters. The van der Waals surface area contributed by atoms with Gasteiger partial charge < -0.3 is 0 Å². The minimum atomic E-state index is 0.381. The van der Waals surface area contributed by atoms with Crippen molar-refractivity contribution in [2.24, 2.45) is 0 Å². The van der Waals surface area contributed by atoms with E-state index in [1.165, 1.54) is 5.06 Å². The van der Waals surface area contributed by atoms with Gasteiger partial charge in [0.05, 0.1) is 12.2 Å². The van der Waals surface area contributed by atoms with Gasteiger partial charge in [-0.2, -0.15) is 0 Å². The molecule has 0 fully saturated rings. The number of rotatable bonds is 4. The van der Waals surface area contributed by atoms with Crippen LogP contribution in [-0.2, 0) is 0 Å². The number of benzene rings is 2. The maximum absolute atomic E-state index is 10.0. The molecule has 0 aliphatic heterocycles. The van der Waals surface area contributed by atoms with Crippen LogP contribution < -0.4 is 5.06 Å². The third-order valence-corrected chi connectivity index (χ3v) is 3.18. The molecule has 0 aromatic heterocycles. The number of nitrogens with zero attached hydrogens (tertiary/aromatic N) is 1. The highest BCUT2D eigenvalue weighted by Crippen LogP contribution is 2.20. The summed E-state index contributed by atoms with van der Waals surface area (Å²) in [5, 5.41) is 11.2. The molecule has 0 bridgehead atoms. The third kappa shape index (κ3) is 3.22. The third-order valence-electron chi connectivity index (χ3n) is 2.65. The van der Waals surface area contributed by atoms with Crippen LogP contribution in [0.5, 0.6) is 0 Å². The van der Waals surface area contributed by atoms with E-state index < -0.39 is 0 Å². The van der Waals surface area contributed by atoms with Gasteiger partial charge in [0.1, 0.15) is 0 Å². The van der Waals surface area contributed by atoms with Gasteiger partial charge in [0.2, 0.25) is 0 Å². The Kier molecular flexibility index (Phi) is 4.18. The van der Waals surface area contributed by atoms with Crippen LogP contribution >= 0.6 is 15.9 Å². The fourth-order valence-corrected chi connectivity index (χ4v) is 1.91. The Bertz CT molecular complexity index is 522. The lowest BCUT2D eigenvalue weighted by Crippen LogP contribution is -2.20. The lowest BCUT2D eigenvalue weighted by molar-refractivity contribution is 0.268. The molecule has 2 aromatic rings. The Morgan fingerprint density at radius 1 is 1.06 bits per heavy atom. The van der Waals surface area contributed by atoms with Crippen molar-refractivity contribution >= 4 is 27.2 Å². The van der Waals surface area contributed by atoms with Crippen LogP contribution in [0.1, 0.15) is 5.56 Å². The summed E-state index contributed by atoms with van der Waals surface area (Å²) < 4.78 is 0.988. The van der Waals surface area contributed by atoms with Crippen LogP contribution in [-0.4, -0.2) is 11.8 Å². The average Bonchev–Trinajstić information content (AvgIpc) is 2.40. The van der Waals surface area contributed by atoms with Crippen LogP contribution in [0.3, 0.4) is 0 Å². The molecule has 0 saturated carbocycles. The standard InChI is InChI=1S/C15H14BrNO/c1-12(13-5-3-2-4-6-13)11-17(18)15-9-7-14(16)8-10-15/h2-10,18H,1,11H2. The number of hydroxylamine groups is 1. The molecule has 2 nitrogen and oxygen atoms in total. The van der Waals surface area contributed by atoms with Gasteiger partial charge in [0.25, 0.3) is 0 Å². The van der Waals surface area contributed by atoms with Crippen molar-refractivity contribution in [1.82, 2.24) is 0 Å². The van der Waals surface area contributed by atoms with Gasteiger partial charge in [0, 0.05) is 4.47 Å². The van der Waals surface area contributed by atoms with E-state index >= 15 is 0 Å². The van der Waals surface area contributed by atoms with Crippen molar-refractivity contribution in [3.05, 3.63) is 71.2 Å². The van der Waals surface area contributed by atoms with E-state index in [4.69, 9.17) is 0 Å². The van der Waals surface area contributed by atoms with Gasteiger partial charge in [-0.05, 0) is 35.4 Å². The Balaban J connectivity index is 2.06. The fourth-order valence-electron chi connectivity index (χ4n) is 1.65. The summed E-state index contributed by atoms with van der Waals surface area (Å²) in [6, 6.07) is 17.3. The second-order valence-corrected chi connectivity index (χ2v) is 4.92. The molecule has 92 valence electrons. The first kappa shape index (κ1) is 12.9. The zero-order valence-electron chi connectivity index (χ0n) is 9.88. The minimum Gasteiger partial charge on any atom is -0.288 e. The van der Waals surface area contributed by atoms with Crippen LogP contribution in [0, 0.1) is 0 Å². The van der Waals surface area contributed by atoms with Gasteiger partial charge >= 0.3 is 0 Å². The highest BCUT2D eigenvalue weighted by atomic mass is 79.9. The number of anilines is 1. The highest BCUT2D eigenvalue weighted by Gasteiger charge is 2.06. The van der Waals surface area contributed by atoms with Gasteiger partial charge in [-0.25, -0.2) is 0 Å². The molecule has 3 heteroatoms. The molecule has 0 saturated heterocycles. The molecule has 0 aliphatic carbocycles. The summed E-state index contributed by atoms with van der Waals surface area (Å²) in [7, 11) is 0. The second-order valence-electron chi connectivity index (χ2n) is 4.00. The Hall–Kier alpha value is -1.58. The van der Waals surface area contributed by atoms with E-state index in [-0.39, 0.29) is 0 Å². The van der Waals surface area contributed by atoms with Crippen LogP contribution in [0.2, 0.25) is 0 Å². The lowest BCUT2D eigenvalue weighted by Gasteiger charge is -2.18. The van der Waals surface area contributed by atoms with Crippen molar-refractivity contribution < 1.29 is 5.21 Å². The summed E-state index contributed by atoms with van der Waals surface area (Å²) in [5.41, 5.74) is 2.66. The monoisotopic (exact) mass is 303 g/mol. The maximum Gasteiger partial charge on any atom is 0.0703 e. The zero-order valence-corrected chi connectivity index (χ0v) is 11.5. The van der Waals surface area contributed by atoms with Gasteiger partial charge in [0.15, 0.2) is 0 Å². The summed E-state index contributed by atoms with van der Waals surface area (Å²) in [6.45, 7) is 4.38. The summed E-state index contributed by atoms with van der Waals surface area (Å²) in [5.74, 6) is 0. The maximum atomic E-state index is 10.0. The van der Waals surface area contributed by atoms with Crippen molar-refractivity contribution in [2.75, 3.05) is 11.6 Å². The summed E-state index contributed by atoms with van der Waals surface area (Å²) in [4.78, 5) is 0. The first-order valence-corrected chi connectivity index (χ1v) is 6.41. The smallest absolute Gasteiger partial charge is 0.0703 e. The fraction of sp³-hybridized carbons (Fsp3) is 0.0667. The van der Waals surface area contributed by atoms with Gasteiger partial charge in [-0.1, -0.05) is 52.8 Å². The van der Waals surface area contributed by atoms with Crippen molar-refractivity contribution in [3.63, 3.8) is 0 Å². The minimum absolute atomic E-state index is 0.381. The molecule has 2 aromatic carbocycles. The van der Waals surface area contributed by atoms with Crippen molar-refractivity contribution in [2.45, 2.75) is 0 Å². The van der Waals surface area contributed by atoms with Crippen molar-refractivity contribution in [1.29, 1.82) is 0 Å². The number of hydrogen-bond acceptors (Lipinski definition) is 2. The molecule has 0 spiro atoms. The number of hydrogen-bond donors (Lipinski definition) is 1. The SMILES string of the molecule is C=C(CN(O)c1ccc(Br)cc1)c1ccccc1. The molecule has 1 N–H and O–H groups in total. The first-order valence-electron chi connectivity index (χ1n) is 5.62. The normalized spacial score (nSPS) is 10.1. The summed E-state index contributed by atoms with van der Waals surface area (Å²) >= 11 is 3.36. The van der Waals surface area contributed by atoms with E-state index in [1.54, 1.807) is 0 Å². The molecule has 18 heavy (non-hydrogen) atoms. The van der Waals surface area contributed by atoms with E-state index in [0.29, 0.717) is 6.54 Å². The second kappa shape index (κ2) is 5.85. The molecular weight excluding hydrogens is 290 g/mol. The zero-order chi connectivity index (χ0) is 13.0. The molecule has 0 heterocycles. The van der Waals surface area contributed by atoms with Gasteiger partial charge in [-0.3, -0.25) is 10.3 Å². The Labute approximate surface area is 115 Å². The number of halogens is 1. The lowest BCUT2D eigenvalue weighted by atomic mass is 10.1. The topological polar surface area (TPSA) is 23.5 Å². The molecule has 0 atom stereocenters. The molecule has 0 aliphatic rings.